The molecule has 0 unspecified atom stereocenters. The standard InChI is InChI=1S/C12H10.C3H6O3/c1-3-7-11(8-4-1)12-9-5-2-6-10-12;1-5-3(4)6-2/h1-10H;1-2H3. The van der Waals surface area contributed by atoms with Gasteiger partial charge in [-0.3, -0.25) is 0 Å². The predicted molar refractivity (Wildman–Crippen MR) is 71.3 cm³/mol. The Hall–Kier alpha value is -2.29. The van der Waals surface area contributed by atoms with Gasteiger partial charge in [-0.2, -0.15) is 0 Å². The van der Waals surface area contributed by atoms with E-state index in [1.807, 2.05) is 12.1 Å². The van der Waals surface area contributed by atoms with Crippen LogP contribution in [0.3, 0.4) is 0 Å². The lowest BCUT2D eigenvalue weighted by Crippen LogP contribution is -1.97. The monoisotopic (exact) mass is 244 g/mol. The van der Waals surface area contributed by atoms with Crippen LogP contribution in [0.5, 0.6) is 0 Å². The summed E-state index contributed by atoms with van der Waals surface area (Å²) in [5, 5.41) is 0. The summed E-state index contributed by atoms with van der Waals surface area (Å²) in [7, 11) is 2.51. The highest BCUT2D eigenvalue weighted by atomic mass is 16.7. The summed E-state index contributed by atoms with van der Waals surface area (Å²) in [5.74, 6) is 0. The molecule has 2 rings (SSSR count). The Morgan fingerprint density at radius 1 is 0.722 bits per heavy atom. The fourth-order valence-corrected chi connectivity index (χ4v) is 1.34. The first-order valence-corrected chi connectivity index (χ1v) is 5.50. The molecule has 0 amide bonds. The van der Waals surface area contributed by atoms with E-state index in [0.717, 1.165) is 0 Å². The zero-order valence-corrected chi connectivity index (χ0v) is 10.5. The van der Waals surface area contributed by atoms with Gasteiger partial charge in [0.25, 0.3) is 0 Å². The molecule has 0 atom stereocenters. The first-order valence-electron chi connectivity index (χ1n) is 5.50. The molecule has 0 spiro atoms. The molecule has 0 saturated carbocycles. The number of rotatable bonds is 1. The van der Waals surface area contributed by atoms with Crippen molar-refractivity contribution in [3.63, 3.8) is 0 Å². The maximum atomic E-state index is 9.74. The van der Waals surface area contributed by atoms with E-state index in [2.05, 4.69) is 58.0 Å². The lowest BCUT2D eigenvalue weighted by Gasteiger charge is -1.98. The number of benzene rings is 2. The molecule has 0 aliphatic carbocycles. The average molecular weight is 244 g/mol. The van der Waals surface area contributed by atoms with E-state index in [9.17, 15) is 4.79 Å². The number of carbonyl (C=O) groups excluding carboxylic acids is 1. The van der Waals surface area contributed by atoms with Gasteiger partial charge in [0.1, 0.15) is 0 Å². The summed E-state index contributed by atoms with van der Waals surface area (Å²) >= 11 is 0. The number of hydrogen-bond donors (Lipinski definition) is 0. The molecule has 18 heavy (non-hydrogen) atoms. The van der Waals surface area contributed by atoms with Crippen LogP contribution in [0.1, 0.15) is 0 Å². The van der Waals surface area contributed by atoms with Crippen LogP contribution in [-0.2, 0) is 9.47 Å². The molecule has 2 aromatic carbocycles. The van der Waals surface area contributed by atoms with Gasteiger partial charge in [0.05, 0.1) is 14.2 Å². The smallest absolute Gasteiger partial charge is 0.438 e. The topological polar surface area (TPSA) is 35.5 Å². The summed E-state index contributed by atoms with van der Waals surface area (Å²) in [6, 6.07) is 20.8. The molecule has 0 radical (unpaired) electrons. The minimum Gasteiger partial charge on any atom is -0.438 e. The third kappa shape index (κ3) is 4.70. The van der Waals surface area contributed by atoms with Gasteiger partial charge in [0.2, 0.25) is 0 Å². The quantitative estimate of drug-likeness (QED) is 0.716. The molecule has 0 fully saturated rings. The van der Waals surface area contributed by atoms with Gasteiger partial charge in [-0.15, -0.1) is 0 Å². The summed E-state index contributed by atoms with van der Waals surface area (Å²) in [6.45, 7) is 0. The SMILES string of the molecule is COC(=O)OC.c1ccc(-c2ccccc2)cc1. The lowest BCUT2D eigenvalue weighted by atomic mass is 10.1. The highest BCUT2D eigenvalue weighted by molar-refractivity contribution is 5.62. The first kappa shape index (κ1) is 13.8. The van der Waals surface area contributed by atoms with Crippen LogP contribution >= 0.6 is 0 Å². The number of methoxy groups -OCH3 is 2. The molecule has 3 nitrogen and oxygen atoms in total. The van der Waals surface area contributed by atoms with Crippen molar-refractivity contribution in [2.45, 2.75) is 0 Å². The Bertz CT molecular complexity index is 408. The minimum absolute atomic E-state index is 0.657. The van der Waals surface area contributed by atoms with Crippen molar-refractivity contribution in [2.75, 3.05) is 14.2 Å². The van der Waals surface area contributed by atoms with Gasteiger partial charge < -0.3 is 9.47 Å². The molecule has 0 heterocycles. The minimum atomic E-state index is -0.657. The van der Waals surface area contributed by atoms with Crippen molar-refractivity contribution in [1.82, 2.24) is 0 Å². The number of hydrogen-bond acceptors (Lipinski definition) is 3. The molecule has 3 heteroatoms. The van der Waals surface area contributed by atoms with Gasteiger partial charge in [0.15, 0.2) is 0 Å². The Morgan fingerprint density at radius 3 is 1.28 bits per heavy atom. The van der Waals surface area contributed by atoms with Crippen molar-refractivity contribution in [3.05, 3.63) is 60.7 Å². The second-order valence-corrected chi connectivity index (χ2v) is 3.39. The van der Waals surface area contributed by atoms with Crippen molar-refractivity contribution in [1.29, 1.82) is 0 Å². The highest BCUT2D eigenvalue weighted by Crippen LogP contribution is 2.17. The van der Waals surface area contributed by atoms with Crippen molar-refractivity contribution >= 4 is 6.16 Å². The number of ether oxygens (including phenoxy) is 2. The van der Waals surface area contributed by atoms with Crippen LogP contribution in [0, 0.1) is 0 Å². The maximum absolute atomic E-state index is 9.74. The van der Waals surface area contributed by atoms with E-state index in [1.54, 1.807) is 0 Å². The van der Waals surface area contributed by atoms with E-state index in [0.29, 0.717) is 0 Å². The Labute approximate surface area is 107 Å². The van der Waals surface area contributed by atoms with Crippen LogP contribution in [0.2, 0.25) is 0 Å². The second kappa shape index (κ2) is 7.90. The summed E-state index contributed by atoms with van der Waals surface area (Å²) in [6.07, 6.45) is -0.657. The summed E-state index contributed by atoms with van der Waals surface area (Å²) in [4.78, 5) is 9.74. The van der Waals surface area contributed by atoms with E-state index in [1.165, 1.54) is 25.3 Å². The van der Waals surface area contributed by atoms with E-state index >= 15 is 0 Å². The van der Waals surface area contributed by atoms with Gasteiger partial charge >= 0.3 is 6.16 Å². The molecule has 0 aromatic heterocycles. The fraction of sp³-hybridized carbons (Fsp3) is 0.133. The molecular formula is C15H16O3. The summed E-state index contributed by atoms with van der Waals surface area (Å²) < 4.78 is 8.08. The van der Waals surface area contributed by atoms with Crippen LogP contribution < -0.4 is 0 Å². The number of carbonyl (C=O) groups is 1. The van der Waals surface area contributed by atoms with Gasteiger partial charge in [-0.05, 0) is 11.1 Å². The normalized spacial score (nSPS) is 8.78. The molecule has 2 aromatic rings. The Kier molecular flexibility index (Phi) is 6.04. The molecule has 0 bridgehead atoms. The van der Waals surface area contributed by atoms with E-state index in [-0.39, 0.29) is 0 Å². The third-order valence-electron chi connectivity index (χ3n) is 2.21. The largest absolute Gasteiger partial charge is 0.507 e. The highest BCUT2D eigenvalue weighted by Gasteiger charge is 1.91. The van der Waals surface area contributed by atoms with Gasteiger partial charge in [-0.25, -0.2) is 4.79 Å². The van der Waals surface area contributed by atoms with Crippen LogP contribution in [0.4, 0.5) is 4.79 Å². The first-order chi connectivity index (χ1) is 8.77. The van der Waals surface area contributed by atoms with Crippen molar-refractivity contribution in [2.24, 2.45) is 0 Å². The Morgan fingerprint density at radius 2 is 1.06 bits per heavy atom. The zero-order valence-electron chi connectivity index (χ0n) is 10.5. The van der Waals surface area contributed by atoms with Crippen LogP contribution in [-0.4, -0.2) is 20.4 Å². The van der Waals surface area contributed by atoms with Gasteiger partial charge in [0, 0.05) is 0 Å². The molecule has 0 aliphatic heterocycles. The Balaban J connectivity index is 0.000000232. The van der Waals surface area contributed by atoms with Crippen LogP contribution in [0.15, 0.2) is 60.7 Å². The summed E-state index contributed by atoms with van der Waals surface area (Å²) in [5.41, 5.74) is 2.55. The van der Waals surface area contributed by atoms with Crippen molar-refractivity contribution < 1.29 is 14.3 Å². The second-order valence-electron chi connectivity index (χ2n) is 3.39. The third-order valence-corrected chi connectivity index (χ3v) is 2.21. The van der Waals surface area contributed by atoms with E-state index in [4.69, 9.17) is 0 Å². The molecule has 0 aliphatic rings. The lowest BCUT2D eigenvalue weighted by molar-refractivity contribution is 0.0924. The molecule has 0 saturated heterocycles. The molecule has 0 N–H and O–H groups in total. The molecule has 94 valence electrons. The molecular weight excluding hydrogens is 228 g/mol. The van der Waals surface area contributed by atoms with Gasteiger partial charge in [-0.1, -0.05) is 60.7 Å². The van der Waals surface area contributed by atoms with E-state index < -0.39 is 6.16 Å². The van der Waals surface area contributed by atoms with Crippen LogP contribution in [0.25, 0.3) is 11.1 Å². The average Bonchev–Trinajstić information content (AvgIpc) is 2.49. The zero-order chi connectivity index (χ0) is 13.2. The maximum Gasteiger partial charge on any atom is 0.507 e. The fourth-order valence-electron chi connectivity index (χ4n) is 1.34. The van der Waals surface area contributed by atoms with Crippen molar-refractivity contribution in [3.8, 4) is 11.1 Å². The predicted octanol–water partition coefficient (Wildman–Crippen LogP) is 3.75.